The van der Waals surface area contributed by atoms with E-state index in [4.69, 9.17) is 4.74 Å². The second kappa shape index (κ2) is 5.44. The van der Waals surface area contributed by atoms with Gasteiger partial charge in [0, 0.05) is 37.0 Å². The van der Waals surface area contributed by atoms with Crippen LogP contribution in [0.2, 0.25) is 0 Å². The lowest BCUT2D eigenvalue weighted by Gasteiger charge is -2.24. The molecule has 2 amide bonds. The molecule has 0 aliphatic carbocycles. The molecule has 1 saturated heterocycles. The number of likely N-dealkylation sites (tertiary alicyclic amines) is 1. The number of phenols is 1. The first-order valence-electron chi connectivity index (χ1n) is 7.83. The average molecular weight is 318 g/mol. The number of carbonyl (C=O) groups is 2. The van der Waals surface area contributed by atoms with Crippen molar-refractivity contribution >= 4 is 12.0 Å². The number of carbonyl (C=O) groups excluding carboxylic acids is 2. The van der Waals surface area contributed by atoms with E-state index in [0.717, 1.165) is 5.56 Å². The number of ether oxygens (including phenoxy) is 1. The highest BCUT2D eigenvalue weighted by atomic mass is 16.6. The van der Waals surface area contributed by atoms with Crippen LogP contribution < -0.4 is 5.32 Å². The molecule has 0 bridgehead atoms. The van der Waals surface area contributed by atoms with Gasteiger partial charge in [-0.2, -0.15) is 0 Å². The van der Waals surface area contributed by atoms with Gasteiger partial charge in [0.1, 0.15) is 11.4 Å². The highest BCUT2D eigenvalue weighted by molar-refractivity contribution is 5.96. The van der Waals surface area contributed by atoms with E-state index in [1.54, 1.807) is 17.0 Å². The largest absolute Gasteiger partial charge is 0.508 e. The molecular formula is C17H22N2O4. The maximum absolute atomic E-state index is 12.3. The molecule has 0 unspecified atom stereocenters. The summed E-state index contributed by atoms with van der Waals surface area (Å²) in [7, 11) is 0. The molecule has 6 nitrogen and oxygen atoms in total. The highest BCUT2D eigenvalue weighted by Crippen LogP contribution is 2.37. The topological polar surface area (TPSA) is 78.9 Å². The van der Waals surface area contributed by atoms with Crippen LogP contribution >= 0.6 is 0 Å². The summed E-state index contributed by atoms with van der Waals surface area (Å²) in [6.45, 7) is 7.12. The monoisotopic (exact) mass is 318 g/mol. The molecule has 2 heterocycles. The van der Waals surface area contributed by atoms with Gasteiger partial charge in [-0.3, -0.25) is 4.79 Å². The number of amides is 2. The summed E-state index contributed by atoms with van der Waals surface area (Å²) in [6.07, 6.45) is -0.322. The van der Waals surface area contributed by atoms with Gasteiger partial charge in [0.25, 0.3) is 5.91 Å². The minimum Gasteiger partial charge on any atom is -0.508 e. The summed E-state index contributed by atoms with van der Waals surface area (Å²) >= 11 is 0. The predicted molar refractivity (Wildman–Crippen MR) is 84.5 cm³/mol. The molecule has 23 heavy (non-hydrogen) atoms. The lowest BCUT2D eigenvalue weighted by atomic mass is 9.87. The molecule has 2 atom stereocenters. The molecule has 6 heteroatoms. The van der Waals surface area contributed by atoms with Gasteiger partial charge in [-0.25, -0.2) is 4.79 Å². The molecule has 1 fully saturated rings. The standard InChI is InChI=1S/C17H22N2O4/c1-17(2,3)23-16(22)19-8-10-7-18-15(21)13-6-11(20)4-5-12(13)14(10)9-19/h4-6,10,14,20H,7-9H2,1-3H3,(H,18,21)/t10-,14-/m1/s1. The Bertz CT molecular complexity index is 650. The number of benzene rings is 1. The fraction of sp³-hybridized carbons (Fsp3) is 0.529. The quantitative estimate of drug-likeness (QED) is 0.768. The van der Waals surface area contributed by atoms with Crippen molar-refractivity contribution in [3.8, 4) is 5.75 Å². The maximum atomic E-state index is 12.3. The highest BCUT2D eigenvalue weighted by Gasteiger charge is 2.41. The smallest absolute Gasteiger partial charge is 0.410 e. The minimum atomic E-state index is -0.528. The second-order valence-electron chi connectivity index (χ2n) is 7.23. The molecule has 2 aliphatic heterocycles. The van der Waals surface area contributed by atoms with Crippen molar-refractivity contribution in [2.45, 2.75) is 32.3 Å². The van der Waals surface area contributed by atoms with Crippen LogP contribution in [0, 0.1) is 5.92 Å². The third kappa shape index (κ3) is 3.11. The van der Waals surface area contributed by atoms with Crippen molar-refractivity contribution in [1.82, 2.24) is 10.2 Å². The van der Waals surface area contributed by atoms with Gasteiger partial charge in [-0.15, -0.1) is 0 Å². The Morgan fingerprint density at radius 2 is 2.09 bits per heavy atom. The molecule has 1 aromatic rings. The summed E-state index contributed by atoms with van der Waals surface area (Å²) < 4.78 is 5.45. The van der Waals surface area contributed by atoms with Gasteiger partial charge < -0.3 is 20.1 Å². The van der Waals surface area contributed by atoms with Crippen LogP contribution in [0.1, 0.15) is 42.6 Å². The van der Waals surface area contributed by atoms with Crippen LogP contribution in [0.25, 0.3) is 0 Å². The molecule has 1 aromatic carbocycles. The van der Waals surface area contributed by atoms with E-state index in [1.807, 2.05) is 20.8 Å². The third-order valence-electron chi connectivity index (χ3n) is 4.30. The Morgan fingerprint density at radius 3 is 2.78 bits per heavy atom. The normalized spacial score (nSPS) is 23.6. The fourth-order valence-corrected chi connectivity index (χ4v) is 3.29. The van der Waals surface area contributed by atoms with Crippen molar-refractivity contribution in [3.63, 3.8) is 0 Å². The van der Waals surface area contributed by atoms with Crippen LogP contribution in [0.15, 0.2) is 18.2 Å². The molecule has 2 N–H and O–H groups in total. The van der Waals surface area contributed by atoms with Gasteiger partial charge in [0.15, 0.2) is 0 Å². The number of phenolic OH excluding ortho intramolecular Hbond substituents is 1. The maximum Gasteiger partial charge on any atom is 0.410 e. The van der Waals surface area contributed by atoms with E-state index in [-0.39, 0.29) is 29.6 Å². The number of rotatable bonds is 0. The van der Waals surface area contributed by atoms with Crippen molar-refractivity contribution < 1.29 is 19.4 Å². The van der Waals surface area contributed by atoms with Crippen LogP contribution in [-0.4, -0.2) is 47.2 Å². The van der Waals surface area contributed by atoms with E-state index in [9.17, 15) is 14.7 Å². The summed E-state index contributed by atoms with van der Waals surface area (Å²) in [5.74, 6) is 0.114. The zero-order valence-corrected chi connectivity index (χ0v) is 13.6. The summed E-state index contributed by atoms with van der Waals surface area (Å²) in [5.41, 5.74) is 0.844. The Balaban J connectivity index is 1.86. The van der Waals surface area contributed by atoms with Crippen molar-refractivity contribution in [2.24, 2.45) is 5.92 Å². The second-order valence-corrected chi connectivity index (χ2v) is 7.23. The van der Waals surface area contributed by atoms with E-state index >= 15 is 0 Å². The number of hydrogen-bond acceptors (Lipinski definition) is 4. The first kappa shape index (κ1) is 15.6. The van der Waals surface area contributed by atoms with Gasteiger partial charge >= 0.3 is 6.09 Å². The number of nitrogens with zero attached hydrogens (tertiary/aromatic N) is 1. The summed E-state index contributed by atoms with van der Waals surface area (Å²) in [5, 5.41) is 12.5. The number of aromatic hydroxyl groups is 1. The van der Waals surface area contributed by atoms with Crippen molar-refractivity contribution in [2.75, 3.05) is 19.6 Å². The van der Waals surface area contributed by atoms with Crippen LogP contribution in [0.3, 0.4) is 0 Å². The molecule has 0 spiro atoms. The number of nitrogens with one attached hydrogen (secondary N) is 1. The van der Waals surface area contributed by atoms with Crippen molar-refractivity contribution in [3.05, 3.63) is 29.3 Å². The van der Waals surface area contributed by atoms with E-state index < -0.39 is 5.60 Å². The summed E-state index contributed by atoms with van der Waals surface area (Å²) in [6, 6.07) is 4.86. The SMILES string of the molecule is CC(C)(C)OC(=O)N1C[C@H]2CNC(=O)c3cc(O)ccc3[C@@H]2C1. The van der Waals surface area contributed by atoms with Gasteiger partial charge in [-0.1, -0.05) is 6.07 Å². The van der Waals surface area contributed by atoms with E-state index in [1.165, 1.54) is 6.07 Å². The van der Waals surface area contributed by atoms with E-state index in [0.29, 0.717) is 25.2 Å². The molecule has 0 radical (unpaired) electrons. The van der Waals surface area contributed by atoms with Crippen LogP contribution in [0.5, 0.6) is 5.75 Å². The van der Waals surface area contributed by atoms with Crippen molar-refractivity contribution in [1.29, 1.82) is 0 Å². The zero-order valence-electron chi connectivity index (χ0n) is 13.6. The lowest BCUT2D eigenvalue weighted by molar-refractivity contribution is 0.0287. The van der Waals surface area contributed by atoms with E-state index in [2.05, 4.69) is 5.32 Å². The minimum absolute atomic E-state index is 0.0667. The third-order valence-corrected chi connectivity index (χ3v) is 4.30. The van der Waals surface area contributed by atoms with Crippen LogP contribution in [0.4, 0.5) is 4.79 Å². The Kier molecular flexibility index (Phi) is 3.70. The average Bonchev–Trinajstić information content (AvgIpc) is 2.82. The van der Waals surface area contributed by atoms with Gasteiger partial charge in [0.2, 0.25) is 0 Å². The predicted octanol–water partition coefficient (Wildman–Crippen LogP) is 2.09. The molecular weight excluding hydrogens is 296 g/mol. The fourth-order valence-electron chi connectivity index (χ4n) is 3.29. The molecule has 124 valence electrons. The number of fused-ring (bicyclic) bond motifs is 3. The Labute approximate surface area is 135 Å². The molecule has 0 aromatic heterocycles. The number of hydrogen-bond donors (Lipinski definition) is 2. The molecule has 2 aliphatic rings. The lowest BCUT2D eigenvalue weighted by Crippen LogP contribution is -2.36. The van der Waals surface area contributed by atoms with Gasteiger partial charge in [-0.05, 0) is 38.5 Å². The molecule has 3 rings (SSSR count). The first-order valence-corrected chi connectivity index (χ1v) is 7.83. The summed E-state index contributed by atoms with van der Waals surface area (Å²) in [4.78, 5) is 26.2. The zero-order chi connectivity index (χ0) is 16.8. The Morgan fingerprint density at radius 1 is 1.35 bits per heavy atom. The van der Waals surface area contributed by atoms with Gasteiger partial charge in [0.05, 0.1) is 0 Å². The first-order chi connectivity index (χ1) is 10.7. The van der Waals surface area contributed by atoms with Crippen LogP contribution in [-0.2, 0) is 4.74 Å². The molecule has 0 saturated carbocycles. The Hall–Kier alpha value is -2.24.